The summed E-state index contributed by atoms with van der Waals surface area (Å²) in [5.41, 5.74) is 1.75. The molecule has 0 aliphatic rings. The molecular formula is C16H25NO2S. The van der Waals surface area contributed by atoms with E-state index in [9.17, 15) is 9.90 Å². The molecule has 1 aromatic carbocycles. The summed E-state index contributed by atoms with van der Waals surface area (Å²) >= 11 is 1.69. The van der Waals surface area contributed by atoms with Crippen LogP contribution in [0, 0.1) is 13.8 Å². The Bertz CT molecular complexity index is 458. The second-order valence-electron chi connectivity index (χ2n) is 5.47. The summed E-state index contributed by atoms with van der Waals surface area (Å²) in [6, 6.07) is 6.35. The highest BCUT2D eigenvalue weighted by Crippen LogP contribution is 2.21. The van der Waals surface area contributed by atoms with Gasteiger partial charge in [0.1, 0.15) is 0 Å². The first-order valence-electron chi connectivity index (χ1n) is 7.03. The van der Waals surface area contributed by atoms with Crippen molar-refractivity contribution in [2.45, 2.75) is 51.0 Å². The lowest BCUT2D eigenvalue weighted by molar-refractivity contribution is -0.121. The van der Waals surface area contributed by atoms with Gasteiger partial charge in [-0.25, -0.2) is 0 Å². The smallest absolute Gasteiger partial charge is 0.220 e. The van der Waals surface area contributed by atoms with Crippen molar-refractivity contribution in [3.63, 3.8) is 0 Å². The summed E-state index contributed by atoms with van der Waals surface area (Å²) in [5, 5.41) is 12.6. The molecule has 4 heteroatoms. The lowest BCUT2D eigenvalue weighted by atomic mass is 10.0. The normalized spacial score (nSPS) is 13.8. The van der Waals surface area contributed by atoms with Crippen molar-refractivity contribution in [2.24, 2.45) is 0 Å². The van der Waals surface area contributed by atoms with Crippen LogP contribution in [0.1, 0.15) is 37.8 Å². The van der Waals surface area contributed by atoms with Crippen molar-refractivity contribution >= 4 is 17.7 Å². The van der Waals surface area contributed by atoms with Crippen LogP contribution in [0.5, 0.6) is 0 Å². The summed E-state index contributed by atoms with van der Waals surface area (Å²) < 4.78 is 0. The number of nitrogens with one attached hydrogen (secondary N) is 1. The zero-order valence-corrected chi connectivity index (χ0v) is 13.6. The lowest BCUT2D eigenvalue weighted by Crippen LogP contribution is -2.40. The van der Waals surface area contributed by atoms with E-state index < -0.39 is 5.60 Å². The fourth-order valence-corrected chi connectivity index (χ4v) is 2.52. The Morgan fingerprint density at radius 3 is 2.65 bits per heavy atom. The van der Waals surface area contributed by atoms with E-state index in [0.717, 1.165) is 5.75 Å². The number of rotatable bonds is 7. The summed E-state index contributed by atoms with van der Waals surface area (Å²) in [5.74, 6) is 0.748. The molecule has 0 saturated heterocycles. The SMILES string of the molecule is CCC(C)(O)CNC(=O)CCSc1ccc(C)c(C)c1. The minimum absolute atomic E-state index is 0.00458. The maximum atomic E-state index is 11.7. The Balaban J connectivity index is 2.30. The molecule has 3 nitrogen and oxygen atoms in total. The number of amides is 1. The van der Waals surface area contributed by atoms with Crippen LogP contribution < -0.4 is 5.32 Å². The number of thioether (sulfide) groups is 1. The standard InChI is InChI=1S/C16H25NO2S/c1-5-16(4,19)11-17-15(18)8-9-20-14-7-6-12(2)13(3)10-14/h6-7,10,19H,5,8-9,11H2,1-4H3,(H,17,18). The molecule has 0 heterocycles. The molecule has 1 rings (SSSR count). The predicted octanol–water partition coefficient (Wildman–Crippen LogP) is 3.06. The molecule has 0 aliphatic carbocycles. The fraction of sp³-hybridized carbons (Fsp3) is 0.562. The first-order chi connectivity index (χ1) is 9.34. The van der Waals surface area contributed by atoms with Gasteiger partial charge in [0.2, 0.25) is 5.91 Å². The van der Waals surface area contributed by atoms with Crippen LogP contribution in [-0.4, -0.2) is 28.9 Å². The molecular weight excluding hydrogens is 270 g/mol. The van der Waals surface area contributed by atoms with Crippen molar-refractivity contribution in [1.29, 1.82) is 0 Å². The topological polar surface area (TPSA) is 49.3 Å². The molecule has 0 aromatic heterocycles. The van der Waals surface area contributed by atoms with Gasteiger partial charge in [-0.1, -0.05) is 13.0 Å². The lowest BCUT2D eigenvalue weighted by Gasteiger charge is -2.21. The summed E-state index contributed by atoms with van der Waals surface area (Å²) in [7, 11) is 0. The van der Waals surface area contributed by atoms with E-state index in [4.69, 9.17) is 0 Å². The quantitative estimate of drug-likeness (QED) is 0.760. The van der Waals surface area contributed by atoms with E-state index in [0.29, 0.717) is 19.4 Å². The van der Waals surface area contributed by atoms with Crippen LogP contribution in [0.3, 0.4) is 0 Å². The number of carbonyl (C=O) groups is 1. The van der Waals surface area contributed by atoms with Gasteiger partial charge in [0.05, 0.1) is 5.60 Å². The Kier molecular flexibility index (Phi) is 6.56. The van der Waals surface area contributed by atoms with Gasteiger partial charge in [-0.15, -0.1) is 11.8 Å². The maximum Gasteiger partial charge on any atom is 0.220 e. The summed E-state index contributed by atoms with van der Waals surface area (Å²) in [6.45, 7) is 8.14. The van der Waals surface area contributed by atoms with Crippen LogP contribution in [0.25, 0.3) is 0 Å². The van der Waals surface area contributed by atoms with Crippen molar-refractivity contribution in [2.75, 3.05) is 12.3 Å². The molecule has 20 heavy (non-hydrogen) atoms. The molecule has 1 unspecified atom stereocenters. The number of benzene rings is 1. The second-order valence-corrected chi connectivity index (χ2v) is 6.64. The third-order valence-electron chi connectivity index (χ3n) is 3.50. The van der Waals surface area contributed by atoms with Crippen molar-refractivity contribution in [1.82, 2.24) is 5.32 Å². The van der Waals surface area contributed by atoms with E-state index >= 15 is 0 Å². The molecule has 0 fully saturated rings. The molecule has 0 bridgehead atoms. The molecule has 1 amide bonds. The molecule has 112 valence electrons. The molecule has 0 radical (unpaired) electrons. The molecule has 2 N–H and O–H groups in total. The Hall–Kier alpha value is -1.00. The predicted molar refractivity (Wildman–Crippen MR) is 85.2 cm³/mol. The Morgan fingerprint density at radius 1 is 1.35 bits per heavy atom. The first-order valence-corrected chi connectivity index (χ1v) is 8.02. The van der Waals surface area contributed by atoms with Gasteiger partial charge in [0.25, 0.3) is 0 Å². The van der Waals surface area contributed by atoms with Gasteiger partial charge >= 0.3 is 0 Å². The minimum atomic E-state index is -0.809. The Morgan fingerprint density at radius 2 is 2.05 bits per heavy atom. The maximum absolute atomic E-state index is 11.7. The van der Waals surface area contributed by atoms with Crippen LogP contribution >= 0.6 is 11.8 Å². The number of aryl methyl sites for hydroxylation is 2. The van der Waals surface area contributed by atoms with Gasteiger partial charge < -0.3 is 10.4 Å². The van der Waals surface area contributed by atoms with Gasteiger partial charge in [0, 0.05) is 23.6 Å². The highest BCUT2D eigenvalue weighted by atomic mass is 32.2. The third-order valence-corrected chi connectivity index (χ3v) is 4.50. The first kappa shape index (κ1) is 17.1. The molecule has 1 atom stereocenters. The third kappa shape index (κ3) is 5.97. The van der Waals surface area contributed by atoms with Crippen LogP contribution in [-0.2, 0) is 4.79 Å². The molecule has 1 aromatic rings. The molecule has 0 aliphatic heterocycles. The second kappa shape index (κ2) is 7.70. The average Bonchev–Trinajstić information content (AvgIpc) is 2.41. The number of hydrogen-bond acceptors (Lipinski definition) is 3. The highest BCUT2D eigenvalue weighted by Gasteiger charge is 2.18. The number of carbonyl (C=O) groups excluding carboxylic acids is 1. The summed E-state index contributed by atoms with van der Waals surface area (Å²) in [6.07, 6.45) is 1.10. The molecule has 0 spiro atoms. The van der Waals surface area contributed by atoms with Crippen LogP contribution in [0.15, 0.2) is 23.1 Å². The van der Waals surface area contributed by atoms with E-state index in [2.05, 4.69) is 37.4 Å². The zero-order valence-electron chi connectivity index (χ0n) is 12.8. The Labute approximate surface area is 126 Å². The number of aliphatic hydroxyl groups is 1. The van der Waals surface area contributed by atoms with Gasteiger partial charge in [-0.2, -0.15) is 0 Å². The van der Waals surface area contributed by atoms with E-state index in [1.54, 1.807) is 18.7 Å². The van der Waals surface area contributed by atoms with Gasteiger partial charge in [-0.3, -0.25) is 4.79 Å². The van der Waals surface area contributed by atoms with Crippen LogP contribution in [0.2, 0.25) is 0 Å². The monoisotopic (exact) mass is 295 g/mol. The summed E-state index contributed by atoms with van der Waals surface area (Å²) in [4.78, 5) is 12.9. The fourth-order valence-electron chi connectivity index (χ4n) is 1.57. The van der Waals surface area contributed by atoms with E-state index in [1.807, 2.05) is 6.92 Å². The molecule has 0 saturated carbocycles. The number of hydrogen-bond donors (Lipinski definition) is 2. The van der Waals surface area contributed by atoms with E-state index in [1.165, 1.54) is 16.0 Å². The van der Waals surface area contributed by atoms with Gasteiger partial charge in [-0.05, 0) is 50.5 Å². The average molecular weight is 295 g/mol. The minimum Gasteiger partial charge on any atom is -0.388 e. The van der Waals surface area contributed by atoms with Crippen molar-refractivity contribution < 1.29 is 9.90 Å². The zero-order chi connectivity index (χ0) is 15.2. The van der Waals surface area contributed by atoms with Crippen LogP contribution in [0.4, 0.5) is 0 Å². The van der Waals surface area contributed by atoms with Gasteiger partial charge in [0.15, 0.2) is 0 Å². The van der Waals surface area contributed by atoms with Crippen molar-refractivity contribution in [3.05, 3.63) is 29.3 Å². The largest absolute Gasteiger partial charge is 0.388 e. The van der Waals surface area contributed by atoms with Crippen molar-refractivity contribution in [3.8, 4) is 0 Å². The highest BCUT2D eigenvalue weighted by molar-refractivity contribution is 7.99. The van der Waals surface area contributed by atoms with E-state index in [-0.39, 0.29) is 5.91 Å².